The molecule has 2 rings (SSSR count). The lowest BCUT2D eigenvalue weighted by Gasteiger charge is -2.17. The van der Waals surface area contributed by atoms with Gasteiger partial charge in [-0.15, -0.1) is 11.3 Å². The highest BCUT2D eigenvalue weighted by Crippen LogP contribution is 2.33. The Balaban J connectivity index is 2.55. The van der Waals surface area contributed by atoms with E-state index in [1.54, 1.807) is 18.4 Å². The molecule has 0 aliphatic rings. The summed E-state index contributed by atoms with van der Waals surface area (Å²) >= 11 is 1.56. The van der Waals surface area contributed by atoms with Gasteiger partial charge in [-0.05, 0) is 44.7 Å². The average molecular weight is 267 g/mol. The van der Waals surface area contributed by atoms with Crippen LogP contribution < -0.4 is 5.32 Å². The molecule has 0 saturated carbocycles. The van der Waals surface area contributed by atoms with E-state index in [0.717, 1.165) is 15.3 Å². The molecule has 1 nitrogen and oxygen atoms in total. The quantitative estimate of drug-likeness (QED) is 0.887. The first-order valence-electron chi connectivity index (χ1n) is 5.72. The van der Waals surface area contributed by atoms with Crippen molar-refractivity contribution in [3.05, 3.63) is 56.8 Å². The van der Waals surface area contributed by atoms with E-state index in [4.69, 9.17) is 0 Å². The van der Waals surface area contributed by atoms with Crippen LogP contribution in [0, 0.1) is 25.5 Å². The zero-order valence-corrected chi connectivity index (χ0v) is 11.4. The highest BCUT2D eigenvalue weighted by atomic mass is 32.1. The van der Waals surface area contributed by atoms with E-state index < -0.39 is 17.7 Å². The van der Waals surface area contributed by atoms with E-state index in [9.17, 15) is 8.78 Å². The van der Waals surface area contributed by atoms with E-state index in [2.05, 4.69) is 5.32 Å². The van der Waals surface area contributed by atoms with Gasteiger partial charge in [0.15, 0.2) is 0 Å². The van der Waals surface area contributed by atoms with Crippen molar-refractivity contribution < 1.29 is 8.78 Å². The van der Waals surface area contributed by atoms with Gasteiger partial charge in [0, 0.05) is 15.3 Å². The van der Waals surface area contributed by atoms with Crippen molar-refractivity contribution >= 4 is 11.3 Å². The van der Waals surface area contributed by atoms with Gasteiger partial charge in [0.1, 0.15) is 11.6 Å². The van der Waals surface area contributed by atoms with Crippen LogP contribution in [0.15, 0.2) is 24.3 Å². The van der Waals surface area contributed by atoms with Gasteiger partial charge in [0.05, 0.1) is 6.04 Å². The Hall–Kier alpha value is -1.26. The van der Waals surface area contributed by atoms with Crippen LogP contribution in [-0.2, 0) is 0 Å². The van der Waals surface area contributed by atoms with Crippen LogP contribution in [0.25, 0.3) is 0 Å². The molecule has 0 fully saturated rings. The van der Waals surface area contributed by atoms with Crippen LogP contribution in [0.3, 0.4) is 0 Å². The lowest BCUT2D eigenvalue weighted by atomic mass is 10.0. The third-order valence-electron chi connectivity index (χ3n) is 2.92. The second-order valence-corrected chi connectivity index (χ2v) is 5.55. The first-order valence-corrected chi connectivity index (χ1v) is 6.54. The normalized spacial score (nSPS) is 12.7. The number of thiophene rings is 1. The van der Waals surface area contributed by atoms with E-state index >= 15 is 0 Å². The Bertz CT molecular complexity index is 543. The summed E-state index contributed by atoms with van der Waals surface area (Å²) in [4.78, 5) is 2.10. The summed E-state index contributed by atoms with van der Waals surface area (Å²) in [6.07, 6.45) is 0. The van der Waals surface area contributed by atoms with Crippen LogP contribution in [0.1, 0.15) is 26.9 Å². The number of hydrogen-bond donors (Lipinski definition) is 1. The highest BCUT2D eigenvalue weighted by molar-refractivity contribution is 7.12. The molecule has 18 heavy (non-hydrogen) atoms. The highest BCUT2D eigenvalue weighted by Gasteiger charge is 2.23. The molecule has 1 atom stereocenters. The molecular weight excluding hydrogens is 252 g/mol. The molecule has 0 aliphatic heterocycles. The number of benzene rings is 1. The lowest BCUT2D eigenvalue weighted by Crippen LogP contribution is -2.20. The van der Waals surface area contributed by atoms with Crippen molar-refractivity contribution in [1.29, 1.82) is 0 Å². The Morgan fingerprint density at radius 3 is 2.22 bits per heavy atom. The minimum absolute atomic E-state index is 0.0879. The summed E-state index contributed by atoms with van der Waals surface area (Å²) in [7, 11) is 1.71. The molecule has 2 aromatic rings. The average Bonchev–Trinajstić information content (AvgIpc) is 2.63. The molecule has 0 saturated heterocycles. The summed E-state index contributed by atoms with van der Waals surface area (Å²) in [5.74, 6) is -1.03. The minimum atomic E-state index is -0.514. The van der Waals surface area contributed by atoms with Crippen molar-refractivity contribution in [1.82, 2.24) is 5.32 Å². The van der Waals surface area contributed by atoms with E-state index in [1.165, 1.54) is 18.2 Å². The zero-order chi connectivity index (χ0) is 13.3. The molecule has 1 heterocycles. The van der Waals surface area contributed by atoms with Crippen LogP contribution in [0.2, 0.25) is 0 Å². The molecule has 0 spiro atoms. The number of halogens is 2. The lowest BCUT2D eigenvalue weighted by molar-refractivity contribution is 0.524. The topological polar surface area (TPSA) is 12.0 Å². The summed E-state index contributed by atoms with van der Waals surface area (Å²) in [5, 5.41) is 3.00. The molecule has 1 N–H and O–H groups in total. The second-order valence-electron chi connectivity index (χ2n) is 4.26. The molecule has 1 aromatic carbocycles. The Labute approximate surface area is 109 Å². The van der Waals surface area contributed by atoms with E-state index in [-0.39, 0.29) is 5.56 Å². The van der Waals surface area contributed by atoms with Crippen molar-refractivity contribution in [3.8, 4) is 0 Å². The van der Waals surface area contributed by atoms with Gasteiger partial charge >= 0.3 is 0 Å². The molecule has 0 aliphatic carbocycles. The molecule has 0 bridgehead atoms. The fraction of sp³-hybridized carbons (Fsp3) is 0.286. The molecule has 0 amide bonds. The van der Waals surface area contributed by atoms with Crippen LogP contribution in [0.5, 0.6) is 0 Å². The fourth-order valence-corrected chi connectivity index (χ4v) is 3.30. The monoisotopic (exact) mass is 267 g/mol. The van der Waals surface area contributed by atoms with E-state index in [1.807, 2.05) is 19.9 Å². The van der Waals surface area contributed by atoms with Gasteiger partial charge in [0.25, 0.3) is 0 Å². The first-order chi connectivity index (χ1) is 8.54. The maximum Gasteiger partial charge on any atom is 0.131 e. The van der Waals surface area contributed by atoms with Gasteiger partial charge in [-0.3, -0.25) is 0 Å². The largest absolute Gasteiger partial charge is 0.308 e. The molecular formula is C14H15F2NS. The van der Waals surface area contributed by atoms with Crippen molar-refractivity contribution in [3.63, 3.8) is 0 Å². The minimum Gasteiger partial charge on any atom is -0.308 e. The fourth-order valence-electron chi connectivity index (χ4n) is 2.14. The second kappa shape index (κ2) is 5.16. The molecule has 1 unspecified atom stereocenters. The third-order valence-corrected chi connectivity index (χ3v) is 4.14. The molecule has 4 heteroatoms. The number of rotatable bonds is 3. The summed E-state index contributed by atoms with van der Waals surface area (Å²) in [6.45, 7) is 3.95. The SMILES string of the molecule is CNC(c1sc(C)cc1C)c1c(F)cccc1F. The summed E-state index contributed by atoms with van der Waals surface area (Å²) in [5.41, 5.74) is 1.14. The predicted octanol–water partition coefficient (Wildman–Crippen LogP) is 3.95. The van der Waals surface area contributed by atoms with Crippen LogP contribution in [-0.4, -0.2) is 7.05 Å². The molecule has 1 aromatic heterocycles. The maximum absolute atomic E-state index is 13.8. The van der Waals surface area contributed by atoms with Crippen molar-refractivity contribution in [2.45, 2.75) is 19.9 Å². The number of nitrogens with one attached hydrogen (secondary N) is 1. The smallest absolute Gasteiger partial charge is 0.131 e. The Morgan fingerprint density at radius 1 is 1.17 bits per heavy atom. The number of aryl methyl sites for hydroxylation is 2. The Morgan fingerprint density at radius 2 is 1.78 bits per heavy atom. The van der Waals surface area contributed by atoms with Crippen molar-refractivity contribution in [2.24, 2.45) is 0 Å². The molecule has 0 radical (unpaired) electrons. The third kappa shape index (κ3) is 2.31. The summed E-state index contributed by atoms with van der Waals surface area (Å²) in [6, 6.07) is 5.55. The van der Waals surface area contributed by atoms with Crippen LogP contribution in [0.4, 0.5) is 8.78 Å². The molecule has 96 valence electrons. The Kier molecular flexibility index (Phi) is 3.78. The number of hydrogen-bond acceptors (Lipinski definition) is 2. The van der Waals surface area contributed by atoms with Gasteiger partial charge < -0.3 is 5.32 Å². The standard InChI is InChI=1S/C14H15F2NS/c1-8-7-9(2)18-14(8)13(17-3)12-10(15)5-4-6-11(12)16/h4-7,13,17H,1-3H3. The van der Waals surface area contributed by atoms with Gasteiger partial charge in [-0.25, -0.2) is 8.78 Å². The van der Waals surface area contributed by atoms with Gasteiger partial charge in [-0.1, -0.05) is 6.07 Å². The van der Waals surface area contributed by atoms with Gasteiger partial charge in [0.2, 0.25) is 0 Å². The maximum atomic E-state index is 13.8. The van der Waals surface area contributed by atoms with Crippen LogP contribution >= 0.6 is 11.3 Å². The van der Waals surface area contributed by atoms with E-state index in [0.29, 0.717) is 0 Å². The predicted molar refractivity (Wildman–Crippen MR) is 71.1 cm³/mol. The van der Waals surface area contributed by atoms with Crippen molar-refractivity contribution in [2.75, 3.05) is 7.05 Å². The zero-order valence-electron chi connectivity index (χ0n) is 10.6. The summed E-state index contributed by atoms with van der Waals surface area (Å²) < 4.78 is 27.7. The van der Waals surface area contributed by atoms with Gasteiger partial charge in [-0.2, -0.15) is 0 Å². The first kappa shape index (κ1) is 13.2.